The van der Waals surface area contributed by atoms with Gasteiger partial charge < -0.3 is 0 Å². The van der Waals surface area contributed by atoms with Crippen LogP contribution in [0.25, 0.3) is 0 Å². The van der Waals surface area contributed by atoms with E-state index in [2.05, 4.69) is 22.2 Å². The molecule has 1 atom stereocenters. The molecule has 0 spiro atoms. The summed E-state index contributed by atoms with van der Waals surface area (Å²) in [5.74, 6) is -0.377. The molecule has 0 aromatic heterocycles. The van der Waals surface area contributed by atoms with Gasteiger partial charge in [-0.1, -0.05) is 0 Å². The molecule has 124 valence electrons. The zero-order valence-corrected chi connectivity index (χ0v) is 16.3. The number of hydrogen-bond donors (Lipinski definition) is 1. The van der Waals surface area contributed by atoms with Crippen LogP contribution >= 0.6 is 23.2 Å². The molecule has 0 fully saturated rings. The third-order valence-electron chi connectivity index (χ3n) is 3.61. The fraction of sp³-hybridized carbons (Fsp3) is 0.133. The Balaban J connectivity index is 2.20. The number of halogens is 2. The first-order valence-electron chi connectivity index (χ1n) is 6.86. The van der Waals surface area contributed by atoms with E-state index in [1.54, 1.807) is 24.3 Å². The number of anilines is 2. The van der Waals surface area contributed by atoms with Crippen molar-refractivity contribution in [1.29, 1.82) is 0 Å². The predicted octanol–water partition coefficient (Wildman–Crippen LogP) is 3.10. The average Bonchev–Trinajstić information content (AvgIpc) is 2.55. The molecule has 5 nitrogen and oxygen atoms in total. The second kappa shape index (κ2) is 6.60. The van der Waals surface area contributed by atoms with Crippen molar-refractivity contribution in [3.63, 3.8) is 0 Å². The molecule has 1 aliphatic rings. The van der Waals surface area contributed by atoms with Crippen molar-refractivity contribution < 1.29 is 13.2 Å². The molecule has 0 aliphatic carbocycles. The van der Waals surface area contributed by atoms with E-state index in [0.717, 1.165) is 4.31 Å². The van der Waals surface area contributed by atoms with Crippen molar-refractivity contribution in [2.45, 2.75) is 16.1 Å². The van der Waals surface area contributed by atoms with Gasteiger partial charge in [-0.15, -0.1) is 0 Å². The maximum absolute atomic E-state index is 13.2. The Kier molecular flexibility index (Phi) is 4.84. The van der Waals surface area contributed by atoms with Crippen molar-refractivity contribution in [3.8, 4) is 0 Å². The summed E-state index contributed by atoms with van der Waals surface area (Å²) in [5, 5.41) is 3.40. The molecule has 2 aromatic carbocycles. The van der Waals surface area contributed by atoms with Crippen molar-refractivity contribution in [2.75, 3.05) is 9.62 Å². The Morgan fingerprint density at radius 1 is 1.12 bits per heavy atom. The number of fused-ring (bicyclic) bond motifs is 1. The topological polar surface area (TPSA) is 66.5 Å². The van der Waals surface area contributed by atoms with Crippen LogP contribution in [0.1, 0.15) is 0 Å². The Morgan fingerprint density at radius 3 is 2.50 bits per heavy atom. The van der Waals surface area contributed by atoms with Gasteiger partial charge in [-0.2, -0.15) is 0 Å². The number of carbonyl (C=O) groups is 1. The summed E-state index contributed by atoms with van der Waals surface area (Å²) < 4.78 is 27.5. The van der Waals surface area contributed by atoms with E-state index in [9.17, 15) is 13.2 Å². The van der Waals surface area contributed by atoms with E-state index in [1.807, 2.05) is 0 Å². The number of nitrogens with one attached hydrogen (secondary N) is 1. The number of sulfonamides is 1. The molecule has 24 heavy (non-hydrogen) atoms. The number of nitrogens with zero attached hydrogens (tertiary/aromatic N) is 1. The SMILES string of the molecule is O=C1Nc2ccccc2N(S(=O)(=O)c2ccc(Cl)c(Cl)c2)[C@H]1C[As]. The zero-order chi connectivity index (χ0) is 17.5. The number of benzene rings is 2. The van der Waals surface area contributed by atoms with Gasteiger partial charge in [0.1, 0.15) is 0 Å². The first-order chi connectivity index (χ1) is 11.4. The van der Waals surface area contributed by atoms with Crippen LogP contribution in [0.3, 0.4) is 0 Å². The Labute approximate surface area is 158 Å². The maximum atomic E-state index is 13.2. The fourth-order valence-corrected chi connectivity index (χ4v) is 5.42. The third-order valence-corrected chi connectivity index (χ3v) is 6.89. The van der Waals surface area contributed by atoms with Crippen molar-refractivity contribution in [3.05, 3.63) is 52.5 Å². The quantitative estimate of drug-likeness (QED) is 0.739. The first-order valence-corrected chi connectivity index (χ1v) is 10.4. The Hall–Kier alpha value is -1.20. The van der Waals surface area contributed by atoms with Crippen molar-refractivity contribution in [1.82, 2.24) is 0 Å². The third kappa shape index (κ3) is 2.92. The number of hydrogen-bond acceptors (Lipinski definition) is 3. The van der Waals surface area contributed by atoms with Crippen LogP contribution in [0.5, 0.6) is 0 Å². The number of carbonyl (C=O) groups excluding carboxylic acids is 1. The van der Waals surface area contributed by atoms with Crippen molar-refractivity contribution >= 4 is 67.4 Å². The van der Waals surface area contributed by atoms with Gasteiger partial charge in [-0.25, -0.2) is 0 Å². The molecule has 0 saturated heterocycles. The minimum absolute atomic E-state index is 0.0210. The van der Waals surface area contributed by atoms with Crippen LogP contribution in [0, 0.1) is 0 Å². The average molecular weight is 445 g/mol. The molecular formula is C15H11AsCl2N2O3S. The van der Waals surface area contributed by atoms with E-state index >= 15 is 0 Å². The van der Waals surface area contributed by atoms with Gasteiger partial charge in [0, 0.05) is 0 Å². The summed E-state index contributed by atoms with van der Waals surface area (Å²) in [5.41, 5.74) is 0.863. The predicted molar refractivity (Wildman–Crippen MR) is 95.5 cm³/mol. The normalized spacial score (nSPS) is 17.4. The van der Waals surface area contributed by atoms with E-state index < -0.39 is 16.1 Å². The molecule has 0 unspecified atom stereocenters. The molecule has 0 bridgehead atoms. The van der Waals surface area contributed by atoms with E-state index in [4.69, 9.17) is 23.2 Å². The van der Waals surface area contributed by atoms with Crippen LogP contribution in [0.15, 0.2) is 47.4 Å². The molecule has 1 N–H and O–H groups in total. The monoisotopic (exact) mass is 444 g/mol. The second-order valence-electron chi connectivity index (χ2n) is 5.08. The number of amides is 1. The summed E-state index contributed by atoms with van der Waals surface area (Å²) in [6.45, 7) is 0. The molecule has 2 radical (unpaired) electrons. The van der Waals surface area contributed by atoms with Crippen LogP contribution < -0.4 is 9.62 Å². The van der Waals surface area contributed by atoms with E-state index in [0.29, 0.717) is 11.4 Å². The van der Waals surface area contributed by atoms with Gasteiger partial charge in [-0.3, -0.25) is 0 Å². The van der Waals surface area contributed by atoms with Gasteiger partial charge in [-0.05, 0) is 0 Å². The summed E-state index contributed by atoms with van der Waals surface area (Å²) >= 11 is 14.1. The summed E-state index contributed by atoms with van der Waals surface area (Å²) in [7, 11) is -3.99. The van der Waals surface area contributed by atoms with Gasteiger partial charge >= 0.3 is 159 Å². The van der Waals surface area contributed by atoms with Crippen LogP contribution in [-0.2, 0) is 14.8 Å². The first kappa shape index (κ1) is 17.6. The van der Waals surface area contributed by atoms with Crippen molar-refractivity contribution in [2.24, 2.45) is 0 Å². The molecule has 3 rings (SSSR count). The zero-order valence-electron chi connectivity index (χ0n) is 12.1. The van der Waals surface area contributed by atoms with Crippen LogP contribution in [0.2, 0.25) is 15.3 Å². The van der Waals surface area contributed by atoms with E-state index in [1.165, 1.54) is 18.2 Å². The van der Waals surface area contributed by atoms with Crippen LogP contribution in [0.4, 0.5) is 11.4 Å². The fourth-order valence-electron chi connectivity index (χ4n) is 2.47. The Bertz CT molecular complexity index is 921. The second-order valence-corrected chi connectivity index (χ2v) is 8.48. The molecule has 1 heterocycles. The minimum atomic E-state index is -3.99. The molecular weight excluding hydrogens is 434 g/mol. The molecule has 1 aliphatic heterocycles. The molecule has 1 amide bonds. The van der Waals surface area contributed by atoms with E-state index in [-0.39, 0.29) is 26.1 Å². The van der Waals surface area contributed by atoms with Crippen LogP contribution in [-0.4, -0.2) is 37.2 Å². The number of para-hydroxylation sites is 2. The summed E-state index contributed by atoms with van der Waals surface area (Å²) in [6, 6.07) is 9.98. The molecule has 9 heteroatoms. The van der Waals surface area contributed by atoms with Gasteiger partial charge in [0.2, 0.25) is 0 Å². The van der Waals surface area contributed by atoms with Gasteiger partial charge in [0.25, 0.3) is 0 Å². The van der Waals surface area contributed by atoms with Gasteiger partial charge in [0.15, 0.2) is 0 Å². The summed E-state index contributed by atoms with van der Waals surface area (Å²) in [6.07, 6.45) is 0. The number of rotatable bonds is 3. The molecule has 0 saturated carbocycles. The summed E-state index contributed by atoms with van der Waals surface area (Å²) in [4.78, 5) is 12.3. The molecule has 2 aromatic rings. The van der Waals surface area contributed by atoms with Gasteiger partial charge in [0.05, 0.1) is 0 Å². The standard InChI is InChI=1S/C15H11AsCl2N2O3S/c16-8-14-15(21)19-12-3-1-2-4-13(12)20(14)24(22,23)9-5-6-10(17)11(18)7-9/h1-7,14H,8H2,(H,19,21)/t14-/m0/s1. The Morgan fingerprint density at radius 2 is 1.83 bits per heavy atom.